The third kappa shape index (κ3) is 3.80. The highest BCUT2D eigenvalue weighted by Gasteiger charge is 2.32. The van der Waals surface area contributed by atoms with Crippen molar-refractivity contribution in [2.45, 2.75) is 20.8 Å². The number of hydrogen-bond donors (Lipinski definition) is 0. The van der Waals surface area contributed by atoms with Gasteiger partial charge in [0.05, 0.1) is 10.7 Å². The number of aryl methyl sites for hydroxylation is 2. The topological polar surface area (TPSA) is 32.7 Å². The van der Waals surface area contributed by atoms with Crippen molar-refractivity contribution in [1.29, 1.82) is 0 Å². The monoisotopic (exact) mass is 370 g/mol. The minimum absolute atomic E-state index is 0.151. The maximum Gasteiger partial charge on any atom is 0.283 e. The average molecular weight is 371 g/mol. The fourth-order valence-electron chi connectivity index (χ4n) is 2.55. The summed E-state index contributed by atoms with van der Waals surface area (Å²) in [5.74, 6) is 0.673. The second-order valence-corrected chi connectivity index (χ2v) is 7.50. The fourth-order valence-corrected chi connectivity index (χ4v) is 3.60. The summed E-state index contributed by atoms with van der Waals surface area (Å²) in [6.07, 6.45) is 1.82. The van der Waals surface area contributed by atoms with E-state index in [9.17, 15) is 4.79 Å². The molecule has 0 saturated heterocycles. The van der Waals surface area contributed by atoms with Gasteiger partial charge in [0, 0.05) is 0 Å². The first-order valence-electron chi connectivity index (χ1n) is 8.10. The van der Waals surface area contributed by atoms with Crippen molar-refractivity contribution in [2.24, 2.45) is 4.99 Å². The number of benzene rings is 2. The Hall–Kier alpha value is -2.04. The Morgan fingerprint density at radius 2 is 1.80 bits per heavy atom. The lowest BCUT2D eigenvalue weighted by molar-refractivity contribution is -0.113. The van der Waals surface area contributed by atoms with Crippen LogP contribution in [0.15, 0.2) is 53.2 Å². The second kappa shape index (κ2) is 7.46. The molecule has 0 saturated carbocycles. The van der Waals surface area contributed by atoms with Crippen molar-refractivity contribution in [1.82, 2.24) is 0 Å². The van der Waals surface area contributed by atoms with Crippen LogP contribution < -0.4 is 4.90 Å². The first-order chi connectivity index (χ1) is 12.0. The fraction of sp³-hybridized carbons (Fsp3) is 0.200. The van der Waals surface area contributed by atoms with E-state index in [2.05, 4.69) is 4.99 Å². The van der Waals surface area contributed by atoms with Crippen LogP contribution in [0.5, 0.6) is 0 Å². The van der Waals surface area contributed by atoms with Gasteiger partial charge in [-0.15, -0.1) is 0 Å². The first kappa shape index (κ1) is 17.8. The van der Waals surface area contributed by atoms with Gasteiger partial charge in [0.25, 0.3) is 5.91 Å². The Bertz CT molecular complexity index is 872. The molecule has 0 atom stereocenters. The van der Waals surface area contributed by atoms with Crippen LogP contribution in [0.3, 0.4) is 0 Å². The van der Waals surface area contributed by atoms with Crippen molar-refractivity contribution in [3.63, 3.8) is 0 Å². The predicted octanol–water partition coefficient (Wildman–Crippen LogP) is 5.45. The van der Waals surface area contributed by atoms with Crippen molar-refractivity contribution >= 4 is 46.2 Å². The van der Waals surface area contributed by atoms with Crippen LogP contribution in [0.25, 0.3) is 6.08 Å². The lowest BCUT2D eigenvalue weighted by Gasteiger charge is -2.19. The molecule has 0 N–H and O–H groups in total. The van der Waals surface area contributed by atoms with Crippen molar-refractivity contribution in [3.8, 4) is 0 Å². The smallest absolute Gasteiger partial charge is 0.266 e. The largest absolute Gasteiger partial charge is 0.283 e. The summed E-state index contributed by atoms with van der Waals surface area (Å²) in [7, 11) is 0. The van der Waals surface area contributed by atoms with Gasteiger partial charge in [-0.25, -0.2) is 4.99 Å². The predicted molar refractivity (Wildman–Crippen MR) is 108 cm³/mol. The van der Waals surface area contributed by atoms with E-state index in [1.807, 2.05) is 69.3 Å². The van der Waals surface area contributed by atoms with E-state index in [0.717, 1.165) is 16.9 Å². The Labute approximate surface area is 157 Å². The zero-order chi connectivity index (χ0) is 18.0. The molecule has 3 rings (SSSR count). The Balaban J connectivity index is 2.01. The van der Waals surface area contributed by atoms with Gasteiger partial charge in [0.15, 0.2) is 5.17 Å². The van der Waals surface area contributed by atoms with Gasteiger partial charge in [-0.1, -0.05) is 66.2 Å². The van der Waals surface area contributed by atoms with Crippen LogP contribution in [0.1, 0.15) is 23.6 Å². The van der Waals surface area contributed by atoms with Crippen LogP contribution >= 0.6 is 23.4 Å². The van der Waals surface area contributed by atoms with Crippen LogP contribution in [0.4, 0.5) is 5.69 Å². The highest BCUT2D eigenvalue weighted by molar-refractivity contribution is 8.14. The Morgan fingerprint density at radius 3 is 2.44 bits per heavy atom. The third-order valence-electron chi connectivity index (χ3n) is 3.83. The molecule has 0 aromatic heterocycles. The van der Waals surface area contributed by atoms with Gasteiger partial charge in [-0.05, 0) is 48.9 Å². The van der Waals surface area contributed by atoms with E-state index >= 15 is 0 Å². The average Bonchev–Trinajstić information content (AvgIpc) is 2.86. The first-order valence-corrected chi connectivity index (χ1v) is 9.46. The van der Waals surface area contributed by atoms with E-state index in [1.54, 1.807) is 4.90 Å². The van der Waals surface area contributed by atoms with Gasteiger partial charge in [-0.3, -0.25) is 9.69 Å². The summed E-state index contributed by atoms with van der Waals surface area (Å²) in [5, 5.41) is 1.21. The molecule has 3 nitrogen and oxygen atoms in total. The highest BCUT2D eigenvalue weighted by atomic mass is 35.5. The summed E-state index contributed by atoms with van der Waals surface area (Å²) < 4.78 is 0. The molecule has 0 unspecified atom stereocenters. The molecule has 0 fully saturated rings. The molecule has 0 spiro atoms. The lowest BCUT2D eigenvalue weighted by Crippen LogP contribution is -2.30. The molecule has 1 amide bonds. The van der Waals surface area contributed by atoms with Gasteiger partial charge in [-0.2, -0.15) is 0 Å². The molecule has 5 heteroatoms. The van der Waals surface area contributed by atoms with E-state index in [4.69, 9.17) is 11.6 Å². The number of amidine groups is 1. The zero-order valence-corrected chi connectivity index (χ0v) is 16.0. The molecule has 1 heterocycles. The Morgan fingerprint density at radius 1 is 1.12 bits per heavy atom. The molecular weight excluding hydrogens is 352 g/mol. The number of amides is 1. The van der Waals surface area contributed by atoms with E-state index < -0.39 is 0 Å². The summed E-state index contributed by atoms with van der Waals surface area (Å²) in [6, 6.07) is 13.7. The molecule has 0 bridgehead atoms. The van der Waals surface area contributed by atoms with Gasteiger partial charge < -0.3 is 0 Å². The summed E-state index contributed by atoms with van der Waals surface area (Å²) >= 11 is 7.92. The SMILES string of the molecule is CCSC1=NC(=Cc2ccc(C)cc2)C(=O)N1c1ccc(C)cc1Cl. The molecule has 1 aliphatic heterocycles. The molecule has 128 valence electrons. The minimum atomic E-state index is -0.151. The number of rotatable bonds is 3. The van der Waals surface area contributed by atoms with Gasteiger partial charge >= 0.3 is 0 Å². The zero-order valence-electron chi connectivity index (χ0n) is 14.4. The maximum atomic E-state index is 13.0. The van der Waals surface area contributed by atoms with E-state index in [1.165, 1.54) is 17.3 Å². The molecule has 2 aromatic carbocycles. The van der Waals surface area contributed by atoms with Crippen LogP contribution in [0, 0.1) is 13.8 Å². The van der Waals surface area contributed by atoms with Gasteiger partial charge in [0.1, 0.15) is 5.70 Å². The summed E-state index contributed by atoms with van der Waals surface area (Å²) in [6.45, 7) is 6.04. The standard InChI is InChI=1S/C20H19ClN2OS/c1-4-25-20-22-17(12-15-8-5-13(2)6-9-15)19(24)23(20)18-10-7-14(3)11-16(18)21/h5-12H,4H2,1-3H3. The van der Waals surface area contributed by atoms with E-state index in [-0.39, 0.29) is 5.91 Å². The molecule has 25 heavy (non-hydrogen) atoms. The minimum Gasteiger partial charge on any atom is -0.266 e. The number of anilines is 1. The Kier molecular flexibility index (Phi) is 5.30. The maximum absolute atomic E-state index is 13.0. The molecule has 2 aromatic rings. The van der Waals surface area contributed by atoms with Crippen LogP contribution in [-0.2, 0) is 4.79 Å². The number of carbonyl (C=O) groups is 1. The number of carbonyl (C=O) groups excluding carboxylic acids is 1. The number of halogens is 1. The molecule has 1 aliphatic rings. The summed E-state index contributed by atoms with van der Waals surface area (Å²) in [4.78, 5) is 19.1. The number of aliphatic imine (C=N–C) groups is 1. The number of hydrogen-bond acceptors (Lipinski definition) is 3. The van der Waals surface area contributed by atoms with Crippen molar-refractivity contribution < 1.29 is 4.79 Å². The highest BCUT2D eigenvalue weighted by Crippen LogP contribution is 2.34. The van der Waals surface area contributed by atoms with Crippen LogP contribution in [-0.4, -0.2) is 16.8 Å². The van der Waals surface area contributed by atoms with E-state index in [0.29, 0.717) is 21.6 Å². The number of nitrogens with zero attached hydrogens (tertiary/aromatic N) is 2. The second-order valence-electron chi connectivity index (χ2n) is 5.86. The number of thioether (sulfide) groups is 1. The normalized spacial score (nSPS) is 15.8. The lowest BCUT2D eigenvalue weighted by atomic mass is 10.1. The quantitative estimate of drug-likeness (QED) is 0.672. The molecule has 0 aliphatic carbocycles. The molecule has 0 radical (unpaired) electrons. The third-order valence-corrected chi connectivity index (χ3v) is 4.95. The van der Waals surface area contributed by atoms with Crippen molar-refractivity contribution in [3.05, 3.63) is 69.9 Å². The van der Waals surface area contributed by atoms with Crippen molar-refractivity contribution in [2.75, 3.05) is 10.7 Å². The van der Waals surface area contributed by atoms with Crippen LogP contribution in [0.2, 0.25) is 5.02 Å². The summed E-state index contributed by atoms with van der Waals surface area (Å²) in [5.41, 5.74) is 4.28. The molecular formula is C20H19ClN2OS. The van der Waals surface area contributed by atoms with Gasteiger partial charge in [0.2, 0.25) is 0 Å².